The number of nitrogens with one attached hydrogen (secondary N) is 1. The Kier molecular flexibility index (Phi) is 6.35. The Hall–Kier alpha value is -2.44. The minimum atomic E-state index is -0.531. The van der Waals surface area contributed by atoms with Gasteiger partial charge in [0.25, 0.3) is 5.91 Å². The zero-order chi connectivity index (χ0) is 21.1. The molecule has 0 radical (unpaired) electrons. The van der Waals surface area contributed by atoms with E-state index in [0.29, 0.717) is 30.4 Å². The number of rotatable bonds is 5. The summed E-state index contributed by atoms with van der Waals surface area (Å²) in [6.07, 6.45) is 2.37. The van der Waals surface area contributed by atoms with Gasteiger partial charge >= 0.3 is 0 Å². The number of halogens is 1. The van der Waals surface area contributed by atoms with Crippen LogP contribution in [0.5, 0.6) is 0 Å². The number of piperidine rings is 1. The van der Waals surface area contributed by atoms with Gasteiger partial charge in [-0.3, -0.25) is 9.59 Å². The smallest absolute Gasteiger partial charge is 0.280 e. The van der Waals surface area contributed by atoms with E-state index in [2.05, 4.69) is 22.4 Å². The number of amides is 2. The van der Waals surface area contributed by atoms with Crippen LogP contribution in [0.3, 0.4) is 0 Å². The number of carbonyl (C=O) groups excluding carboxylic acids is 2. The molecule has 1 fully saturated rings. The van der Waals surface area contributed by atoms with Crippen LogP contribution >= 0.6 is 22.9 Å². The number of fused-ring (bicyclic) bond motifs is 1. The fraction of sp³-hybridized carbons (Fsp3) is 0.348. The van der Waals surface area contributed by atoms with Crippen molar-refractivity contribution in [1.29, 1.82) is 0 Å². The predicted molar refractivity (Wildman–Crippen MR) is 121 cm³/mol. The van der Waals surface area contributed by atoms with Crippen molar-refractivity contribution in [3.8, 4) is 0 Å². The van der Waals surface area contributed by atoms with Crippen molar-refractivity contribution in [3.63, 3.8) is 0 Å². The third-order valence-electron chi connectivity index (χ3n) is 5.65. The summed E-state index contributed by atoms with van der Waals surface area (Å²) in [6, 6.07) is 15.1. The lowest BCUT2D eigenvalue weighted by atomic mass is 9.89. The Morgan fingerprint density at radius 3 is 2.53 bits per heavy atom. The molecule has 0 saturated carbocycles. The maximum atomic E-state index is 13.0. The van der Waals surface area contributed by atoms with Crippen molar-refractivity contribution < 1.29 is 9.59 Å². The van der Waals surface area contributed by atoms with E-state index in [4.69, 9.17) is 11.6 Å². The largest absolute Gasteiger partial charge is 0.341 e. The molecule has 156 valence electrons. The van der Waals surface area contributed by atoms with Crippen LogP contribution in [0.25, 0.3) is 10.2 Å². The molecular weight excluding hydrogens is 418 g/mol. The number of benzene rings is 2. The number of hydrogen-bond donors (Lipinski definition) is 1. The molecular formula is C23H24ClN3O2S. The first kappa shape index (κ1) is 20.8. The summed E-state index contributed by atoms with van der Waals surface area (Å²) in [5.74, 6) is 0.137. The minimum Gasteiger partial charge on any atom is -0.341 e. The second kappa shape index (κ2) is 9.14. The first-order valence-electron chi connectivity index (χ1n) is 10.3. The Bertz CT molecular complexity index is 1010. The lowest BCUT2D eigenvalue weighted by molar-refractivity contribution is -0.134. The van der Waals surface area contributed by atoms with E-state index in [9.17, 15) is 9.59 Å². The second-order valence-electron chi connectivity index (χ2n) is 7.57. The normalized spacial score (nSPS) is 15.9. The van der Waals surface area contributed by atoms with E-state index in [0.717, 1.165) is 28.1 Å². The van der Waals surface area contributed by atoms with Crippen molar-refractivity contribution >= 4 is 45.0 Å². The Labute approximate surface area is 185 Å². The van der Waals surface area contributed by atoms with E-state index in [-0.39, 0.29) is 11.8 Å². The van der Waals surface area contributed by atoms with Gasteiger partial charge in [0.1, 0.15) is 6.04 Å². The molecule has 1 unspecified atom stereocenters. The number of likely N-dealkylation sites (tertiary alicyclic amines) is 1. The number of aromatic nitrogens is 1. The standard InChI is InChI=1S/C23H24ClN3O2S/c1-2-18(25-21(28)22-26-19-5-3-4-6-20(19)30-22)23(29)27-13-11-16(12-14-27)15-7-9-17(24)10-8-15/h3-10,16,18H,2,11-14H2,1H3,(H,25,28). The van der Waals surface area contributed by atoms with Gasteiger partial charge in [0.15, 0.2) is 5.01 Å². The Balaban J connectivity index is 1.36. The summed E-state index contributed by atoms with van der Waals surface area (Å²) >= 11 is 7.33. The quantitative estimate of drug-likeness (QED) is 0.614. The molecule has 4 rings (SSSR count). The van der Waals surface area contributed by atoms with Crippen molar-refractivity contribution in [1.82, 2.24) is 15.2 Å². The van der Waals surface area contributed by atoms with E-state index < -0.39 is 6.04 Å². The molecule has 1 aliphatic rings. The maximum absolute atomic E-state index is 13.0. The highest BCUT2D eigenvalue weighted by Gasteiger charge is 2.29. The molecule has 0 bridgehead atoms. The molecule has 7 heteroatoms. The molecule has 1 saturated heterocycles. The van der Waals surface area contributed by atoms with Crippen LogP contribution in [0.1, 0.15) is 47.5 Å². The molecule has 1 N–H and O–H groups in total. The van der Waals surface area contributed by atoms with Crippen LogP contribution in [0.2, 0.25) is 5.02 Å². The summed E-state index contributed by atoms with van der Waals surface area (Å²) in [5, 5.41) is 4.02. The van der Waals surface area contributed by atoms with Gasteiger partial charge in [-0.1, -0.05) is 42.8 Å². The minimum absolute atomic E-state index is 0.0125. The molecule has 5 nitrogen and oxygen atoms in total. The second-order valence-corrected chi connectivity index (χ2v) is 9.04. The molecule has 1 aliphatic heterocycles. The van der Waals surface area contributed by atoms with Gasteiger partial charge in [-0.15, -0.1) is 11.3 Å². The first-order valence-corrected chi connectivity index (χ1v) is 11.4. The fourth-order valence-electron chi connectivity index (χ4n) is 3.92. The van der Waals surface area contributed by atoms with Crippen molar-refractivity contribution in [2.24, 2.45) is 0 Å². The van der Waals surface area contributed by atoms with Crippen molar-refractivity contribution in [2.75, 3.05) is 13.1 Å². The zero-order valence-corrected chi connectivity index (χ0v) is 18.4. The molecule has 1 atom stereocenters. The Morgan fingerprint density at radius 1 is 1.17 bits per heavy atom. The van der Waals surface area contributed by atoms with Crippen LogP contribution in [0.15, 0.2) is 48.5 Å². The van der Waals surface area contributed by atoms with E-state index in [1.165, 1.54) is 16.9 Å². The average molecular weight is 442 g/mol. The van der Waals surface area contributed by atoms with E-state index >= 15 is 0 Å². The average Bonchev–Trinajstić information content (AvgIpc) is 3.22. The predicted octanol–water partition coefficient (Wildman–Crippen LogP) is 4.86. The van der Waals surface area contributed by atoms with E-state index in [1.807, 2.05) is 48.2 Å². The van der Waals surface area contributed by atoms with Crippen LogP contribution in [-0.4, -0.2) is 40.8 Å². The summed E-state index contributed by atoms with van der Waals surface area (Å²) in [7, 11) is 0. The highest BCUT2D eigenvalue weighted by atomic mass is 35.5. The van der Waals surface area contributed by atoms with Gasteiger partial charge in [0.2, 0.25) is 5.91 Å². The van der Waals surface area contributed by atoms with Gasteiger partial charge in [-0.25, -0.2) is 4.98 Å². The monoisotopic (exact) mass is 441 g/mol. The van der Waals surface area contributed by atoms with Gasteiger partial charge in [0.05, 0.1) is 10.2 Å². The molecule has 0 aliphatic carbocycles. The van der Waals surface area contributed by atoms with Crippen molar-refractivity contribution in [2.45, 2.75) is 38.1 Å². The number of nitrogens with zero attached hydrogens (tertiary/aromatic N) is 2. The van der Waals surface area contributed by atoms with Gasteiger partial charge in [0, 0.05) is 18.1 Å². The lowest BCUT2D eigenvalue weighted by Crippen LogP contribution is -2.50. The summed E-state index contributed by atoms with van der Waals surface area (Å²) in [4.78, 5) is 32.0. The topological polar surface area (TPSA) is 62.3 Å². The zero-order valence-electron chi connectivity index (χ0n) is 16.8. The summed E-state index contributed by atoms with van der Waals surface area (Å²) in [5.41, 5.74) is 2.07. The molecule has 1 aromatic heterocycles. The SMILES string of the molecule is CCC(NC(=O)c1nc2ccccc2s1)C(=O)N1CCC(c2ccc(Cl)cc2)CC1. The first-order chi connectivity index (χ1) is 14.5. The van der Waals surface area contributed by atoms with Crippen LogP contribution in [0, 0.1) is 0 Å². The number of carbonyl (C=O) groups is 2. The lowest BCUT2D eigenvalue weighted by Gasteiger charge is -2.34. The fourth-order valence-corrected chi connectivity index (χ4v) is 4.91. The van der Waals surface area contributed by atoms with Crippen LogP contribution in [0.4, 0.5) is 0 Å². The number of thiazole rings is 1. The maximum Gasteiger partial charge on any atom is 0.280 e. The molecule has 0 spiro atoms. The van der Waals surface area contributed by atoms with Gasteiger partial charge < -0.3 is 10.2 Å². The third kappa shape index (κ3) is 4.50. The Morgan fingerprint density at radius 2 is 1.87 bits per heavy atom. The summed E-state index contributed by atoms with van der Waals surface area (Å²) in [6.45, 7) is 3.31. The van der Waals surface area contributed by atoms with Gasteiger partial charge in [-0.2, -0.15) is 0 Å². The van der Waals surface area contributed by atoms with Crippen molar-refractivity contribution in [3.05, 3.63) is 64.1 Å². The molecule has 2 amide bonds. The molecule has 3 aromatic rings. The van der Waals surface area contributed by atoms with E-state index in [1.54, 1.807) is 0 Å². The number of para-hydroxylation sites is 1. The van der Waals surface area contributed by atoms with Crippen LogP contribution in [-0.2, 0) is 4.79 Å². The highest BCUT2D eigenvalue weighted by Crippen LogP contribution is 2.29. The third-order valence-corrected chi connectivity index (χ3v) is 6.93. The molecule has 30 heavy (non-hydrogen) atoms. The molecule has 2 heterocycles. The van der Waals surface area contributed by atoms with Gasteiger partial charge in [-0.05, 0) is 55.0 Å². The molecule has 2 aromatic carbocycles. The summed E-state index contributed by atoms with van der Waals surface area (Å²) < 4.78 is 0.964. The van der Waals surface area contributed by atoms with Crippen LogP contribution < -0.4 is 5.32 Å². The highest BCUT2D eigenvalue weighted by molar-refractivity contribution is 7.20. The number of hydrogen-bond acceptors (Lipinski definition) is 4.